The van der Waals surface area contributed by atoms with Crippen molar-refractivity contribution in [3.8, 4) is 11.5 Å². The number of carbonyl (C=O) groups excluding carboxylic acids is 1. The first kappa shape index (κ1) is 17.2. The summed E-state index contributed by atoms with van der Waals surface area (Å²) in [5.41, 5.74) is 1.19. The van der Waals surface area contributed by atoms with E-state index in [0.29, 0.717) is 32.9 Å². The Morgan fingerprint density at radius 1 is 1.04 bits per heavy atom. The van der Waals surface area contributed by atoms with Gasteiger partial charge in [-0.3, -0.25) is 4.79 Å². The molecule has 2 aromatic carbocycles. The molecule has 2 aromatic rings. The zero-order chi connectivity index (χ0) is 16.8. The average Bonchev–Trinajstić information content (AvgIpc) is 2.52. The predicted molar refractivity (Wildman–Crippen MR) is 93.1 cm³/mol. The lowest BCUT2D eigenvalue weighted by molar-refractivity contribution is -0.114. The van der Waals surface area contributed by atoms with E-state index in [4.69, 9.17) is 32.7 Å². The number of hydrogen-bond acceptors (Lipinski definition) is 4. The number of rotatable bonds is 6. The Morgan fingerprint density at radius 3 is 2.35 bits per heavy atom. The lowest BCUT2D eigenvalue weighted by Gasteiger charge is -2.12. The van der Waals surface area contributed by atoms with Crippen LogP contribution in [0.15, 0.2) is 36.4 Å². The molecule has 1 amide bonds. The number of carbonyl (C=O) groups is 1. The molecule has 0 heterocycles. The molecule has 0 saturated heterocycles. The molecule has 0 fully saturated rings. The third-order valence-electron chi connectivity index (χ3n) is 3.00. The van der Waals surface area contributed by atoms with Gasteiger partial charge in [-0.25, -0.2) is 0 Å². The second-order valence-electron chi connectivity index (χ2n) is 4.63. The molecular weight excluding hydrogens is 339 g/mol. The Bertz CT molecular complexity index is 687. The van der Waals surface area contributed by atoms with Crippen LogP contribution in [-0.2, 0) is 4.79 Å². The van der Waals surface area contributed by atoms with Crippen molar-refractivity contribution in [3.05, 3.63) is 46.4 Å². The third-order valence-corrected chi connectivity index (χ3v) is 3.43. The smallest absolute Gasteiger partial charge is 0.243 e. The minimum Gasteiger partial charge on any atom is -0.497 e. The maximum Gasteiger partial charge on any atom is 0.243 e. The standard InChI is InChI=1S/C16H16Cl2N2O3/c1-22-13-3-4-15(23-2)14(8-13)20-16(21)9-19-12-6-10(17)5-11(18)7-12/h3-8,19H,9H2,1-2H3,(H,20,21). The molecule has 0 spiro atoms. The maximum absolute atomic E-state index is 12.1. The van der Waals surface area contributed by atoms with Crippen LogP contribution < -0.4 is 20.1 Å². The van der Waals surface area contributed by atoms with Gasteiger partial charge in [-0.2, -0.15) is 0 Å². The Labute approximate surface area is 144 Å². The molecule has 122 valence electrons. The monoisotopic (exact) mass is 354 g/mol. The van der Waals surface area contributed by atoms with E-state index < -0.39 is 0 Å². The summed E-state index contributed by atoms with van der Waals surface area (Å²) < 4.78 is 10.4. The summed E-state index contributed by atoms with van der Waals surface area (Å²) >= 11 is 11.8. The van der Waals surface area contributed by atoms with Gasteiger partial charge in [0, 0.05) is 21.8 Å². The zero-order valence-corrected chi connectivity index (χ0v) is 14.2. The van der Waals surface area contributed by atoms with Crippen LogP contribution in [0.2, 0.25) is 10.0 Å². The number of hydrogen-bond donors (Lipinski definition) is 2. The van der Waals surface area contributed by atoms with E-state index in [0.717, 1.165) is 0 Å². The molecule has 2 N–H and O–H groups in total. The van der Waals surface area contributed by atoms with E-state index in [1.54, 1.807) is 43.5 Å². The van der Waals surface area contributed by atoms with Gasteiger partial charge in [-0.1, -0.05) is 23.2 Å². The van der Waals surface area contributed by atoms with E-state index in [1.807, 2.05) is 0 Å². The van der Waals surface area contributed by atoms with Gasteiger partial charge in [0.2, 0.25) is 5.91 Å². The summed E-state index contributed by atoms with van der Waals surface area (Å²) in [6.45, 7) is 0.0526. The molecule has 0 aliphatic rings. The molecule has 0 aromatic heterocycles. The molecule has 0 atom stereocenters. The van der Waals surface area contributed by atoms with Crippen molar-refractivity contribution >= 4 is 40.5 Å². The summed E-state index contributed by atoms with van der Waals surface area (Å²) in [7, 11) is 3.08. The van der Waals surface area contributed by atoms with E-state index in [-0.39, 0.29) is 12.5 Å². The molecule has 0 radical (unpaired) electrons. The summed E-state index contributed by atoms with van der Waals surface area (Å²) in [4.78, 5) is 12.1. The van der Waals surface area contributed by atoms with E-state index in [2.05, 4.69) is 10.6 Å². The minimum absolute atomic E-state index is 0.0526. The molecule has 0 aliphatic heterocycles. The van der Waals surface area contributed by atoms with Crippen LogP contribution in [0.4, 0.5) is 11.4 Å². The van der Waals surface area contributed by atoms with Gasteiger partial charge >= 0.3 is 0 Å². The highest BCUT2D eigenvalue weighted by Gasteiger charge is 2.09. The molecule has 0 aliphatic carbocycles. The fourth-order valence-corrected chi connectivity index (χ4v) is 2.47. The van der Waals surface area contributed by atoms with E-state index in [9.17, 15) is 4.79 Å². The number of halogens is 2. The van der Waals surface area contributed by atoms with Crippen molar-refractivity contribution in [3.63, 3.8) is 0 Å². The summed E-state index contributed by atoms with van der Waals surface area (Å²) in [6.07, 6.45) is 0. The second kappa shape index (κ2) is 7.94. The van der Waals surface area contributed by atoms with Crippen LogP contribution in [0.5, 0.6) is 11.5 Å². The number of amides is 1. The van der Waals surface area contributed by atoms with E-state index in [1.165, 1.54) is 7.11 Å². The second-order valence-corrected chi connectivity index (χ2v) is 5.50. The first-order valence-electron chi connectivity index (χ1n) is 6.73. The van der Waals surface area contributed by atoms with Gasteiger partial charge in [0.15, 0.2) is 0 Å². The Balaban J connectivity index is 2.02. The quantitative estimate of drug-likeness (QED) is 0.820. The minimum atomic E-state index is -0.243. The van der Waals surface area contributed by atoms with Gasteiger partial charge in [0.05, 0.1) is 26.5 Å². The van der Waals surface area contributed by atoms with Crippen molar-refractivity contribution in [1.29, 1.82) is 0 Å². The van der Waals surface area contributed by atoms with Gasteiger partial charge in [0.1, 0.15) is 11.5 Å². The summed E-state index contributed by atoms with van der Waals surface area (Å²) in [6, 6.07) is 10.2. The molecule has 5 nitrogen and oxygen atoms in total. The number of nitrogens with one attached hydrogen (secondary N) is 2. The molecular formula is C16H16Cl2N2O3. The first-order chi connectivity index (χ1) is 11.0. The van der Waals surface area contributed by atoms with Gasteiger partial charge in [0.25, 0.3) is 0 Å². The lowest BCUT2D eigenvalue weighted by atomic mass is 10.2. The normalized spacial score (nSPS) is 10.1. The largest absolute Gasteiger partial charge is 0.497 e. The Morgan fingerprint density at radius 2 is 1.74 bits per heavy atom. The van der Waals surface area contributed by atoms with Gasteiger partial charge < -0.3 is 20.1 Å². The third kappa shape index (κ3) is 4.94. The number of anilines is 2. The highest BCUT2D eigenvalue weighted by Crippen LogP contribution is 2.29. The molecule has 2 rings (SSSR count). The summed E-state index contributed by atoms with van der Waals surface area (Å²) in [5, 5.41) is 6.71. The van der Waals surface area contributed by atoms with Crippen molar-refractivity contribution < 1.29 is 14.3 Å². The SMILES string of the molecule is COc1ccc(OC)c(NC(=O)CNc2cc(Cl)cc(Cl)c2)c1. The van der Waals surface area contributed by atoms with Crippen LogP contribution in [0.25, 0.3) is 0 Å². The van der Waals surface area contributed by atoms with Crippen molar-refractivity contribution in [2.24, 2.45) is 0 Å². The number of ether oxygens (including phenoxy) is 2. The molecule has 0 saturated carbocycles. The fourth-order valence-electron chi connectivity index (χ4n) is 1.94. The van der Waals surface area contributed by atoms with Crippen molar-refractivity contribution in [2.45, 2.75) is 0 Å². The topological polar surface area (TPSA) is 59.6 Å². The van der Waals surface area contributed by atoms with Crippen LogP contribution in [-0.4, -0.2) is 26.7 Å². The molecule has 23 heavy (non-hydrogen) atoms. The van der Waals surface area contributed by atoms with Crippen molar-refractivity contribution in [1.82, 2.24) is 0 Å². The van der Waals surface area contributed by atoms with Gasteiger partial charge in [-0.05, 0) is 30.3 Å². The highest BCUT2D eigenvalue weighted by atomic mass is 35.5. The molecule has 0 bridgehead atoms. The summed E-state index contributed by atoms with van der Waals surface area (Å²) in [5.74, 6) is 0.924. The maximum atomic E-state index is 12.1. The Hall–Kier alpha value is -2.11. The van der Waals surface area contributed by atoms with Crippen LogP contribution in [0, 0.1) is 0 Å². The molecule has 7 heteroatoms. The predicted octanol–water partition coefficient (Wildman–Crippen LogP) is 4.06. The van der Waals surface area contributed by atoms with Crippen LogP contribution in [0.1, 0.15) is 0 Å². The van der Waals surface area contributed by atoms with Crippen LogP contribution in [0.3, 0.4) is 0 Å². The number of benzene rings is 2. The zero-order valence-electron chi connectivity index (χ0n) is 12.7. The lowest BCUT2D eigenvalue weighted by Crippen LogP contribution is -2.22. The Kier molecular flexibility index (Phi) is 5.96. The molecule has 0 unspecified atom stereocenters. The average molecular weight is 355 g/mol. The van der Waals surface area contributed by atoms with Gasteiger partial charge in [-0.15, -0.1) is 0 Å². The first-order valence-corrected chi connectivity index (χ1v) is 7.49. The highest BCUT2D eigenvalue weighted by molar-refractivity contribution is 6.35. The van der Waals surface area contributed by atoms with Crippen molar-refractivity contribution in [2.75, 3.05) is 31.4 Å². The number of methoxy groups -OCH3 is 2. The van der Waals surface area contributed by atoms with Crippen LogP contribution >= 0.6 is 23.2 Å². The van der Waals surface area contributed by atoms with E-state index >= 15 is 0 Å². The fraction of sp³-hybridized carbons (Fsp3) is 0.188.